The molecule has 0 atom stereocenters. The van der Waals surface area contributed by atoms with Gasteiger partial charge in [-0.2, -0.15) is 0 Å². The molecule has 3 nitrogen and oxygen atoms in total. The van der Waals surface area contributed by atoms with Gasteiger partial charge in [0.05, 0.1) is 7.11 Å². The molecule has 17 heavy (non-hydrogen) atoms. The second kappa shape index (κ2) is 5.64. The van der Waals surface area contributed by atoms with Crippen molar-refractivity contribution in [1.82, 2.24) is 5.48 Å². The molecule has 0 radical (unpaired) electrons. The lowest BCUT2D eigenvalue weighted by atomic mass is 9.98. The summed E-state index contributed by atoms with van der Waals surface area (Å²) in [5, 5.41) is 0. The maximum Gasteiger partial charge on any atom is 0.275 e. The first-order valence-corrected chi connectivity index (χ1v) is 5.93. The van der Waals surface area contributed by atoms with E-state index < -0.39 is 0 Å². The van der Waals surface area contributed by atoms with Gasteiger partial charge < -0.3 is 0 Å². The van der Waals surface area contributed by atoms with Gasteiger partial charge in [0, 0.05) is 5.57 Å². The summed E-state index contributed by atoms with van der Waals surface area (Å²) in [5.74, 6) is -0.143. The highest BCUT2D eigenvalue weighted by atomic mass is 16.6. The van der Waals surface area contributed by atoms with Crippen molar-refractivity contribution >= 4 is 11.5 Å². The van der Waals surface area contributed by atoms with E-state index in [9.17, 15) is 4.79 Å². The monoisotopic (exact) mass is 231 g/mol. The lowest BCUT2D eigenvalue weighted by Gasteiger charge is -2.11. The van der Waals surface area contributed by atoms with Crippen LogP contribution in [0.4, 0.5) is 0 Å². The summed E-state index contributed by atoms with van der Waals surface area (Å²) in [7, 11) is 1.46. The Kier molecular flexibility index (Phi) is 3.94. The van der Waals surface area contributed by atoms with E-state index in [1.54, 1.807) is 0 Å². The van der Waals surface area contributed by atoms with Crippen LogP contribution in [0.1, 0.15) is 31.2 Å². The first kappa shape index (κ1) is 11.9. The van der Waals surface area contributed by atoms with E-state index in [1.807, 2.05) is 30.3 Å². The SMILES string of the molecule is CONC(=O)C(=C1CCCC1)c1ccccc1. The predicted octanol–water partition coefficient (Wildman–Crippen LogP) is 2.69. The van der Waals surface area contributed by atoms with Gasteiger partial charge in [0.15, 0.2) is 0 Å². The van der Waals surface area contributed by atoms with Crippen LogP contribution in [0, 0.1) is 0 Å². The number of allylic oxidation sites excluding steroid dienone is 1. The second-order valence-electron chi connectivity index (χ2n) is 4.19. The third-order valence-electron chi connectivity index (χ3n) is 3.04. The molecule has 1 fully saturated rings. The zero-order chi connectivity index (χ0) is 12.1. The summed E-state index contributed by atoms with van der Waals surface area (Å²) in [6.07, 6.45) is 4.38. The van der Waals surface area contributed by atoms with Crippen molar-refractivity contribution in [3.8, 4) is 0 Å². The van der Waals surface area contributed by atoms with Gasteiger partial charge in [-0.15, -0.1) is 0 Å². The van der Waals surface area contributed by atoms with Crippen LogP contribution in [0.5, 0.6) is 0 Å². The topological polar surface area (TPSA) is 38.3 Å². The molecule has 1 aliphatic rings. The molecule has 1 N–H and O–H groups in total. The van der Waals surface area contributed by atoms with Crippen LogP contribution in [0.15, 0.2) is 35.9 Å². The van der Waals surface area contributed by atoms with Crippen molar-refractivity contribution in [2.45, 2.75) is 25.7 Å². The number of amides is 1. The van der Waals surface area contributed by atoms with Crippen LogP contribution >= 0.6 is 0 Å². The quantitative estimate of drug-likeness (QED) is 0.641. The Morgan fingerprint density at radius 2 is 1.82 bits per heavy atom. The molecule has 3 heteroatoms. The number of carbonyl (C=O) groups excluding carboxylic acids is 1. The lowest BCUT2D eigenvalue weighted by Crippen LogP contribution is -2.23. The summed E-state index contributed by atoms with van der Waals surface area (Å²) in [4.78, 5) is 16.8. The van der Waals surface area contributed by atoms with Gasteiger partial charge in [0.2, 0.25) is 0 Å². The van der Waals surface area contributed by atoms with Gasteiger partial charge in [-0.1, -0.05) is 35.9 Å². The number of carbonyl (C=O) groups is 1. The average molecular weight is 231 g/mol. The van der Waals surface area contributed by atoms with E-state index in [0.717, 1.165) is 24.0 Å². The standard InChI is InChI=1S/C14H17NO2/c1-17-15-14(16)13(12-9-5-6-10-12)11-7-3-2-4-8-11/h2-4,7-8H,5-6,9-10H2,1H3,(H,15,16). The van der Waals surface area contributed by atoms with Crippen molar-refractivity contribution < 1.29 is 9.63 Å². The van der Waals surface area contributed by atoms with E-state index in [2.05, 4.69) is 5.48 Å². The van der Waals surface area contributed by atoms with Crippen LogP contribution < -0.4 is 5.48 Å². The van der Waals surface area contributed by atoms with Crippen molar-refractivity contribution in [2.24, 2.45) is 0 Å². The molecule has 0 spiro atoms. The molecule has 2 rings (SSSR count). The highest BCUT2D eigenvalue weighted by molar-refractivity contribution is 6.20. The molecule has 0 saturated heterocycles. The van der Waals surface area contributed by atoms with Crippen LogP contribution in [0.2, 0.25) is 0 Å². The van der Waals surface area contributed by atoms with Gasteiger partial charge in [-0.05, 0) is 31.2 Å². The third-order valence-corrected chi connectivity index (χ3v) is 3.04. The van der Waals surface area contributed by atoms with E-state index in [1.165, 1.54) is 25.5 Å². The zero-order valence-electron chi connectivity index (χ0n) is 10.0. The van der Waals surface area contributed by atoms with Crippen molar-refractivity contribution in [2.75, 3.05) is 7.11 Å². The normalized spacial score (nSPS) is 14.8. The molecular weight excluding hydrogens is 214 g/mol. The van der Waals surface area contributed by atoms with E-state index in [0.29, 0.717) is 0 Å². The first-order valence-electron chi connectivity index (χ1n) is 5.93. The summed E-state index contributed by atoms with van der Waals surface area (Å²) < 4.78 is 0. The first-order chi connectivity index (χ1) is 8.33. The van der Waals surface area contributed by atoms with E-state index in [4.69, 9.17) is 4.84 Å². The number of hydroxylamine groups is 1. The summed E-state index contributed by atoms with van der Waals surface area (Å²) in [6, 6.07) is 9.79. The highest BCUT2D eigenvalue weighted by Crippen LogP contribution is 2.31. The van der Waals surface area contributed by atoms with Gasteiger partial charge >= 0.3 is 0 Å². The Balaban J connectivity index is 2.37. The van der Waals surface area contributed by atoms with Crippen LogP contribution in [0.25, 0.3) is 5.57 Å². The Morgan fingerprint density at radius 1 is 1.18 bits per heavy atom. The number of benzene rings is 1. The molecule has 0 heterocycles. The van der Waals surface area contributed by atoms with Crippen LogP contribution in [-0.4, -0.2) is 13.0 Å². The minimum Gasteiger partial charge on any atom is -0.277 e. The van der Waals surface area contributed by atoms with E-state index >= 15 is 0 Å². The lowest BCUT2D eigenvalue weighted by molar-refractivity contribution is -0.125. The summed E-state index contributed by atoms with van der Waals surface area (Å²) >= 11 is 0. The smallest absolute Gasteiger partial charge is 0.275 e. The molecule has 0 unspecified atom stereocenters. The van der Waals surface area contributed by atoms with Gasteiger partial charge in [0.25, 0.3) is 5.91 Å². The fraction of sp³-hybridized carbons (Fsp3) is 0.357. The van der Waals surface area contributed by atoms with Gasteiger partial charge in [-0.3, -0.25) is 9.63 Å². The zero-order valence-corrected chi connectivity index (χ0v) is 10.0. The number of hydrogen-bond donors (Lipinski definition) is 1. The fourth-order valence-corrected chi connectivity index (χ4v) is 2.30. The predicted molar refractivity (Wildman–Crippen MR) is 67.0 cm³/mol. The molecule has 1 aliphatic carbocycles. The van der Waals surface area contributed by atoms with Crippen LogP contribution in [0.3, 0.4) is 0 Å². The Bertz CT molecular complexity index is 415. The maximum atomic E-state index is 12.0. The van der Waals surface area contributed by atoms with E-state index in [-0.39, 0.29) is 5.91 Å². The van der Waals surface area contributed by atoms with Crippen LogP contribution in [-0.2, 0) is 9.63 Å². The minimum atomic E-state index is -0.143. The number of nitrogens with one attached hydrogen (secondary N) is 1. The van der Waals surface area contributed by atoms with Crippen molar-refractivity contribution in [1.29, 1.82) is 0 Å². The molecule has 0 bridgehead atoms. The van der Waals surface area contributed by atoms with Crippen molar-refractivity contribution in [3.05, 3.63) is 41.5 Å². The van der Waals surface area contributed by atoms with Gasteiger partial charge in [0.1, 0.15) is 0 Å². The third kappa shape index (κ3) is 2.74. The number of rotatable bonds is 3. The number of hydrogen-bond acceptors (Lipinski definition) is 2. The summed E-state index contributed by atoms with van der Waals surface area (Å²) in [5.41, 5.74) is 5.42. The Morgan fingerprint density at radius 3 is 2.41 bits per heavy atom. The molecule has 1 saturated carbocycles. The Hall–Kier alpha value is -1.61. The summed E-state index contributed by atoms with van der Waals surface area (Å²) in [6.45, 7) is 0. The largest absolute Gasteiger partial charge is 0.277 e. The second-order valence-corrected chi connectivity index (χ2v) is 4.19. The van der Waals surface area contributed by atoms with Crippen molar-refractivity contribution in [3.63, 3.8) is 0 Å². The minimum absolute atomic E-state index is 0.143. The maximum absolute atomic E-state index is 12.0. The molecule has 1 amide bonds. The average Bonchev–Trinajstić information content (AvgIpc) is 2.85. The Labute approximate surface area is 101 Å². The molecule has 1 aromatic rings. The van der Waals surface area contributed by atoms with Gasteiger partial charge in [-0.25, -0.2) is 5.48 Å². The molecule has 0 aliphatic heterocycles. The molecule has 90 valence electrons. The highest BCUT2D eigenvalue weighted by Gasteiger charge is 2.19. The fourth-order valence-electron chi connectivity index (χ4n) is 2.30. The molecule has 0 aromatic heterocycles. The molecule has 1 aromatic carbocycles. The molecular formula is C14H17NO2.